The summed E-state index contributed by atoms with van der Waals surface area (Å²) in [5, 5.41) is 8.74. The van der Waals surface area contributed by atoms with Crippen LogP contribution in [0.3, 0.4) is 0 Å². The van der Waals surface area contributed by atoms with E-state index in [1.807, 2.05) is 50.2 Å². The molecular weight excluding hydrogens is 772 g/mol. The number of hydrogen-bond donors (Lipinski definition) is 4. The number of aromatic nitrogens is 2. The molecule has 2 aromatic carbocycles. The van der Waals surface area contributed by atoms with Crippen LogP contribution in [0, 0.1) is 11.8 Å². The number of imidazole rings is 1. The summed E-state index contributed by atoms with van der Waals surface area (Å²) >= 11 is 0. The summed E-state index contributed by atoms with van der Waals surface area (Å²) in [6, 6.07) is 13.1. The number of halogens is 3. The number of H-pyrrole nitrogens is 1. The van der Waals surface area contributed by atoms with Gasteiger partial charge in [0.25, 0.3) is 0 Å². The topological polar surface area (TPSA) is 174 Å². The van der Waals surface area contributed by atoms with Crippen LogP contribution in [0.2, 0.25) is 0 Å². The third kappa shape index (κ3) is 9.97. The van der Waals surface area contributed by atoms with Crippen LogP contribution in [0.25, 0.3) is 22.4 Å². The highest BCUT2D eigenvalue weighted by Crippen LogP contribution is 2.33. The van der Waals surface area contributed by atoms with Gasteiger partial charge in [-0.25, -0.2) is 14.6 Å². The molecule has 0 saturated carbocycles. The van der Waals surface area contributed by atoms with Crippen LogP contribution >= 0.6 is 0 Å². The van der Waals surface area contributed by atoms with Gasteiger partial charge in [-0.3, -0.25) is 19.5 Å². The molecule has 0 spiro atoms. The minimum Gasteiger partial charge on any atom is -0.453 e. The molecule has 1 unspecified atom stereocenters. The highest BCUT2D eigenvalue weighted by molar-refractivity contribution is 5.95. The summed E-state index contributed by atoms with van der Waals surface area (Å²) in [5.74, 6) is -0.0855. The first-order valence-electron chi connectivity index (χ1n) is 19.7. The fourth-order valence-electron chi connectivity index (χ4n) is 7.86. The maximum atomic E-state index is 13.7. The molecule has 2 fully saturated rings. The molecule has 0 aliphatic carbocycles. The smallest absolute Gasteiger partial charge is 0.407 e. The van der Waals surface area contributed by atoms with Gasteiger partial charge >= 0.3 is 18.4 Å². The second-order valence-electron chi connectivity index (χ2n) is 15.8. The average Bonchev–Trinajstić information content (AvgIpc) is 4.04. The summed E-state index contributed by atoms with van der Waals surface area (Å²) < 4.78 is 49.8. The molecule has 0 radical (unpaired) electrons. The van der Waals surface area contributed by atoms with Crippen molar-refractivity contribution in [2.24, 2.45) is 16.8 Å². The van der Waals surface area contributed by atoms with Gasteiger partial charge in [0, 0.05) is 13.1 Å². The van der Waals surface area contributed by atoms with Gasteiger partial charge in [0.2, 0.25) is 11.8 Å². The van der Waals surface area contributed by atoms with Crippen LogP contribution in [-0.2, 0) is 19.1 Å². The van der Waals surface area contributed by atoms with E-state index >= 15 is 0 Å². The zero-order valence-corrected chi connectivity index (χ0v) is 34.0. The van der Waals surface area contributed by atoms with Crippen molar-refractivity contribution < 1.29 is 41.8 Å². The monoisotopic (exact) mass is 823 g/mol. The van der Waals surface area contributed by atoms with E-state index in [-0.39, 0.29) is 43.0 Å². The first-order valence-corrected chi connectivity index (χ1v) is 19.7. The van der Waals surface area contributed by atoms with Crippen molar-refractivity contribution in [3.8, 4) is 22.4 Å². The largest absolute Gasteiger partial charge is 0.453 e. The number of aliphatic imine (C=N–C) groups is 1. The number of carbonyl (C=O) groups is 4. The molecule has 3 aliphatic heterocycles. The zero-order valence-electron chi connectivity index (χ0n) is 34.0. The number of amides is 4. The van der Waals surface area contributed by atoms with Crippen LogP contribution in [0.4, 0.5) is 22.8 Å². The fourth-order valence-corrected chi connectivity index (χ4v) is 7.86. The minimum atomic E-state index is -4.47. The standard InChI is InChI=1S/C41H52F3N9O6/c1-23(2)33(49-39(56)58-5)37(54)52-17-7-8-31(52)35-45-18-29(47-35)27-13-9-25(10-14-27)26-11-15-28(16-12-26)30-19-46-36(48-30)32-20-51(21-41(42,43)44)22-53(32)38(55)34(24(3)4)50-40(57)59-6/h9-16,19,23-24,29,31-34H,7-8,17-18,20-22H2,1-6H3,(H,45,47)(H,46,48)(H,49,56)(H,50,57)/t29?,31-,32-,33-,34-/m0/s1. The quantitative estimate of drug-likeness (QED) is 0.191. The van der Waals surface area contributed by atoms with Gasteiger partial charge < -0.3 is 40.2 Å². The predicted octanol–water partition coefficient (Wildman–Crippen LogP) is 5.24. The lowest BCUT2D eigenvalue weighted by atomic mass is 9.99. The number of benzene rings is 2. The number of rotatable bonds is 12. The lowest BCUT2D eigenvalue weighted by Gasteiger charge is -2.31. The van der Waals surface area contributed by atoms with Gasteiger partial charge in [0.1, 0.15) is 29.8 Å². The number of amidine groups is 1. The molecule has 318 valence electrons. The van der Waals surface area contributed by atoms with Crippen molar-refractivity contribution in [3.05, 3.63) is 66.1 Å². The van der Waals surface area contributed by atoms with E-state index in [0.29, 0.717) is 24.6 Å². The number of carbonyl (C=O) groups excluding carboxylic acids is 4. The molecule has 1 aromatic heterocycles. The Labute approximate surface area is 341 Å². The average molecular weight is 824 g/mol. The normalized spacial score (nSPS) is 20.7. The van der Waals surface area contributed by atoms with Crippen LogP contribution in [0.15, 0.2) is 59.7 Å². The maximum absolute atomic E-state index is 13.7. The second kappa shape index (κ2) is 18.1. The Morgan fingerprint density at radius 2 is 1.39 bits per heavy atom. The molecule has 6 rings (SSSR count). The molecule has 4 heterocycles. The highest BCUT2D eigenvalue weighted by atomic mass is 19.4. The van der Waals surface area contributed by atoms with E-state index < -0.39 is 48.9 Å². The van der Waals surface area contributed by atoms with Crippen molar-refractivity contribution in [3.63, 3.8) is 0 Å². The van der Waals surface area contributed by atoms with Gasteiger partial charge in [-0.15, -0.1) is 0 Å². The molecule has 5 atom stereocenters. The fraction of sp³-hybridized carbons (Fsp3) is 0.512. The van der Waals surface area contributed by atoms with Crippen LogP contribution in [0.1, 0.15) is 64.0 Å². The molecular formula is C41H52F3N9O6. The summed E-state index contributed by atoms with van der Waals surface area (Å²) in [4.78, 5) is 68.0. The van der Waals surface area contributed by atoms with Crippen molar-refractivity contribution in [2.45, 2.75) is 76.9 Å². The molecule has 59 heavy (non-hydrogen) atoms. The number of ether oxygens (including phenoxy) is 2. The Kier molecular flexibility index (Phi) is 13.2. The van der Waals surface area contributed by atoms with Crippen molar-refractivity contribution in [2.75, 3.05) is 47.1 Å². The van der Waals surface area contributed by atoms with Gasteiger partial charge in [0.05, 0.1) is 58.0 Å². The van der Waals surface area contributed by atoms with Gasteiger partial charge in [-0.1, -0.05) is 76.2 Å². The highest BCUT2D eigenvalue weighted by Gasteiger charge is 2.44. The predicted molar refractivity (Wildman–Crippen MR) is 213 cm³/mol. The minimum absolute atomic E-state index is 0.0605. The van der Waals surface area contributed by atoms with E-state index in [2.05, 4.69) is 42.8 Å². The molecule has 0 bridgehead atoms. The molecule has 4 amide bonds. The lowest BCUT2D eigenvalue weighted by Crippen LogP contribution is -2.54. The molecule has 18 heteroatoms. The second-order valence-corrected chi connectivity index (χ2v) is 15.8. The summed E-state index contributed by atoms with van der Waals surface area (Å²) in [6.45, 7) is 6.73. The van der Waals surface area contributed by atoms with E-state index in [1.54, 1.807) is 24.9 Å². The number of alkyl carbamates (subject to hydrolysis) is 2. The SMILES string of the molecule is COC(=O)N[C@H](C(=O)N1CCC[C@H]1C1=NCC(c2ccc(-c3ccc(-c4cnc([C@@H]5CN(CC(F)(F)F)CN5C(=O)[C@@H](NC(=O)OC)C(C)C)[nH]4)cc3)cc2)N1)C(C)C. The van der Waals surface area contributed by atoms with Crippen LogP contribution < -0.4 is 16.0 Å². The Balaban J connectivity index is 1.11. The number of nitrogens with one attached hydrogen (secondary N) is 4. The van der Waals surface area contributed by atoms with E-state index in [9.17, 15) is 32.3 Å². The third-order valence-electron chi connectivity index (χ3n) is 11.0. The number of hydrogen-bond acceptors (Lipinski definition) is 10. The first kappa shape index (κ1) is 42.9. The Bertz CT molecular complexity index is 2000. The van der Waals surface area contributed by atoms with Gasteiger partial charge in [0.15, 0.2) is 0 Å². The third-order valence-corrected chi connectivity index (χ3v) is 11.0. The molecule has 15 nitrogen and oxygen atoms in total. The molecule has 3 aromatic rings. The van der Waals surface area contributed by atoms with Crippen molar-refractivity contribution >= 4 is 29.8 Å². The molecule has 3 aliphatic rings. The van der Waals surface area contributed by atoms with Crippen LogP contribution in [-0.4, -0.2) is 126 Å². The van der Waals surface area contributed by atoms with Gasteiger partial charge in [-0.05, 0) is 46.9 Å². The van der Waals surface area contributed by atoms with E-state index in [1.165, 1.54) is 19.1 Å². The van der Waals surface area contributed by atoms with Crippen LogP contribution in [0.5, 0.6) is 0 Å². The summed E-state index contributed by atoms with van der Waals surface area (Å²) in [5.41, 5.74) is 4.41. The zero-order chi connectivity index (χ0) is 42.6. The first-order chi connectivity index (χ1) is 28.1. The Morgan fingerprint density at radius 3 is 1.95 bits per heavy atom. The van der Waals surface area contributed by atoms with Crippen molar-refractivity contribution in [1.82, 2.24) is 40.6 Å². The molecule has 2 saturated heterocycles. The number of likely N-dealkylation sites (tertiary alicyclic amines) is 1. The Hall–Kier alpha value is -5.65. The van der Waals surface area contributed by atoms with E-state index in [0.717, 1.165) is 45.8 Å². The number of methoxy groups -OCH3 is 2. The number of nitrogens with zero attached hydrogens (tertiary/aromatic N) is 5. The number of alkyl halides is 3. The van der Waals surface area contributed by atoms with E-state index in [4.69, 9.17) is 9.73 Å². The number of aromatic amines is 1. The van der Waals surface area contributed by atoms with Crippen molar-refractivity contribution in [1.29, 1.82) is 0 Å². The summed E-state index contributed by atoms with van der Waals surface area (Å²) in [6.07, 6.45) is -2.73. The molecule has 4 N–H and O–H groups in total. The maximum Gasteiger partial charge on any atom is 0.407 e. The Morgan fingerprint density at radius 1 is 0.831 bits per heavy atom. The lowest BCUT2D eigenvalue weighted by molar-refractivity contribution is -0.148. The summed E-state index contributed by atoms with van der Waals surface area (Å²) in [7, 11) is 2.44. The van der Waals surface area contributed by atoms with Gasteiger partial charge in [-0.2, -0.15) is 13.2 Å².